The van der Waals surface area contributed by atoms with Gasteiger partial charge in [0.05, 0.1) is 5.69 Å². The van der Waals surface area contributed by atoms with Crippen molar-refractivity contribution in [1.82, 2.24) is 24.9 Å². The molecule has 1 aliphatic rings. The predicted octanol–water partition coefficient (Wildman–Crippen LogP) is 0.900. The SMILES string of the molecule is Cc1nc2nccc(C3CCCNC3)n2n1. The number of nitrogens with zero attached hydrogens (tertiary/aromatic N) is 4. The third-order valence-electron chi connectivity index (χ3n) is 3.09. The summed E-state index contributed by atoms with van der Waals surface area (Å²) in [7, 11) is 0. The molecule has 1 fully saturated rings. The third kappa shape index (κ3) is 1.57. The molecular weight excluding hydrogens is 202 g/mol. The van der Waals surface area contributed by atoms with Crippen LogP contribution in [0.1, 0.15) is 30.3 Å². The number of rotatable bonds is 1. The molecule has 1 saturated heterocycles. The van der Waals surface area contributed by atoms with Crippen LogP contribution in [0.3, 0.4) is 0 Å². The molecule has 2 aromatic heterocycles. The van der Waals surface area contributed by atoms with Crippen molar-refractivity contribution in [1.29, 1.82) is 0 Å². The average molecular weight is 217 g/mol. The highest BCUT2D eigenvalue weighted by molar-refractivity contribution is 5.30. The van der Waals surface area contributed by atoms with Gasteiger partial charge in [0, 0.05) is 18.7 Å². The number of piperidine rings is 1. The number of aryl methyl sites for hydroxylation is 1. The second kappa shape index (κ2) is 3.83. The molecule has 5 nitrogen and oxygen atoms in total. The highest BCUT2D eigenvalue weighted by atomic mass is 15.3. The van der Waals surface area contributed by atoms with E-state index in [2.05, 4.69) is 26.4 Å². The lowest BCUT2D eigenvalue weighted by Gasteiger charge is -2.22. The van der Waals surface area contributed by atoms with Crippen LogP contribution in [0.5, 0.6) is 0 Å². The molecule has 1 N–H and O–H groups in total. The molecule has 0 spiro atoms. The Morgan fingerprint density at radius 2 is 2.44 bits per heavy atom. The van der Waals surface area contributed by atoms with E-state index in [-0.39, 0.29) is 0 Å². The number of aromatic nitrogens is 4. The van der Waals surface area contributed by atoms with E-state index in [1.165, 1.54) is 18.5 Å². The van der Waals surface area contributed by atoms with Gasteiger partial charge >= 0.3 is 0 Å². The van der Waals surface area contributed by atoms with Gasteiger partial charge in [0.2, 0.25) is 0 Å². The Kier molecular flexibility index (Phi) is 2.32. The minimum atomic E-state index is 0.528. The number of hydrogen-bond donors (Lipinski definition) is 1. The average Bonchev–Trinajstić information content (AvgIpc) is 2.70. The van der Waals surface area contributed by atoms with E-state index in [0.717, 1.165) is 18.9 Å². The van der Waals surface area contributed by atoms with Crippen molar-refractivity contribution in [2.45, 2.75) is 25.7 Å². The Balaban J connectivity index is 2.07. The quantitative estimate of drug-likeness (QED) is 0.771. The van der Waals surface area contributed by atoms with Gasteiger partial charge in [0.1, 0.15) is 5.82 Å². The van der Waals surface area contributed by atoms with E-state index in [0.29, 0.717) is 11.7 Å². The summed E-state index contributed by atoms with van der Waals surface area (Å²) < 4.78 is 1.88. The summed E-state index contributed by atoms with van der Waals surface area (Å²) in [6, 6.07) is 2.05. The maximum Gasteiger partial charge on any atom is 0.252 e. The lowest BCUT2D eigenvalue weighted by molar-refractivity contribution is 0.448. The third-order valence-corrected chi connectivity index (χ3v) is 3.09. The molecule has 0 saturated carbocycles. The molecule has 84 valence electrons. The van der Waals surface area contributed by atoms with Gasteiger partial charge in [-0.15, -0.1) is 0 Å². The van der Waals surface area contributed by atoms with E-state index in [9.17, 15) is 0 Å². The first kappa shape index (κ1) is 9.72. The van der Waals surface area contributed by atoms with Gasteiger partial charge in [-0.1, -0.05) is 0 Å². The molecular formula is C11H15N5. The monoisotopic (exact) mass is 217 g/mol. The van der Waals surface area contributed by atoms with Gasteiger partial charge in [-0.25, -0.2) is 9.50 Å². The van der Waals surface area contributed by atoms with Crippen LogP contribution in [0.4, 0.5) is 0 Å². The molecule has 1 aliphatic heterocycles. The smallest absolute Gasteiger partial charge is 0.252 e. The van der Waals surface area contributed by atoms with Crippen LogP contribution in [-0.4, -0.2) is 32.7 Å². The zero-order valence-corrected chi connectivity index (χ0v) is 9.35. The summed E-state index contributed by atoms with van der Waals surface area (Å²) in [5.74, 6) is 2.02. The minimum absolute atomic E-state index is 0.528. The fourth-order valence-electron chi connectivity index (χ4n) is 2.32. The summed E-state index contributed by atoms with van der Waals surface area (Å²) in [4.78, 5) is 8.52. The molecule has 1 unspecified atom stereocenters. The van der Waals surface area contributed by atoms with Gasteiger partial charge in [-0.2, -0.15) is 10.1 Å². The Labute approximate surface area is 93.9 Å². The first-order valence-electron chi connectivity index (χ1n) is 5.73. The summed E-state index contributed by atoms with van der Waals surface area (Å²) in [6.07, 6.45) is 4.26. The van der Waals surface area contributed by atoms with Gasteiger partial charge in [0.15, 0.2) is 0 Å². The molecule has 3 rings (SSSR count). The fourth-order valence-corrected chi connectivity index (χ4v) is 2.32. The van der Waals surface area contributed by atoms with Crippen LogP contribution in [0.2, 0.25) is 0 Å². The molecule has 2 aromatic rings. The van der Waals surface area contributed by atoms with Crippen LogP contribution >= 0.6 is 0 Å². The molecule has 5 heteroatoms. The molecule has 1 atom stereocenters. The van der Waals surface area contributed by atoms with E-state index in [4.69, 9.17) is 0 Å². The fraction of sp³-hybridized carbons (Fsp3) is 0.545. The first-order chi connectivity index (χ1) is 7.84. The highest BCUT2D eigenvalue weighted by Crippen LogP contribution is 2.22. The Hall–Kier alpha value is -1.49. The summed E-state index contributed by atoms with van der Waals surface area (Å²) >= 11 is 0. The minimum Gasteiger partial charge on any atom is -0.316 e. The van der Waals surface area contributed by atoms with E-state index < -0.39 is 0 Å². The van der Waals surface area contributed by atoms with E-state index in [1.54, 1.807) is 0 Å². The summed E-state index contributed by atoms with van der Waals surface area (Å²) in [6.45, 7) is 4.05. The normalized spacial score (nSPS) is 21.4. The van der Waals surface area contributed by atoms with Gasteiger partial charge < -0.3 is 5.32 Å². The van der Waals surface area contributed by atoms with Crippen LogP contribution in [0, 0.1) is 6.92 Å². The molecule has 16 heavy (non-hydrogen) atoms. The summed E-state index contributed by atoms with van der Waals surface area (Å²) in [5.41, 5.74) is 1.22. The van der Waals surface area contributed by atoms with Gasteiger partial charge in [-0.3, -0.25) is 0 Å². The van der Waals surface area contributed by atoms with Crippen molar-refractivity contribution in [3.63, 3.8) is 0 Å². The van der Waals surface area contributed by atoms with Crippen molar-refractivity contribution in [3.8, 4) is 0 Å². The van der Waals surface area contributed by atoms with Crippen LogP contribution in [0.15, 0.2) is 12.3 Å². The lowest BCUT2D eigenvalue weighted by atomic mass is 9.96. The van der Waals surface area contributed by atoms with E-state index >= 15 is 0 Å². The van der Waals surface area contributed by atoms with Crippen molar-refractivity contribution in [2.75, 3.05) is 13.1 Å². The molecule has 0 amide bonds. The topological polar surface area (TPSA) is 55.1 Å². The summed E-state index contributed by atoms with van der Waals surface area (Å²) in [5, 5.41) is 7.83. The Morgan fingerprint density at radius 3 is 3.25 bits per heavy atom. The maximum atomic E-state index is 4.40. The first-order valence-corrected chi connectivity index (χ1v) is 5.73. The predicted molar refractivity (Wildman–Crippen MR) is 60.4 cm³/mol. The molecule has 0 radical (unpaired) electrons. The van der Waals surface area contributed by atoms with Crippen molar-refractivity contribution in [3.05, 3.63) is 23.8 Å². The second-order valence-corrected chi connectivity index (χ2v) is 4.28. The van der Waals surface area contributed by atoms with Gasteiger partial charge in [-0.05, 0) is 32.4 Å². The van der Waals surface area contributed by atoms with Gasteiger partial charge in [0.25, 0.3) is 5.78 Å². The Morgan fingerprint density at radius 1 is 1.50 bits per heavy atom. The van der Waals surface area contributed by atoms with E-state index in [1.807, 2.05) is 17.6 Å². The maximum absolute atomic E-state index is 4.40. The number of nitrogens with one attached hydrogen (secondary N) is 1. The van der Waals surface area contributed by atoms with Crippen molar-refractivity contribution < 1.29 is 0 Å². The van der Waals surface area contributed by atoms with Crippen LogP contribution < -0.4 is 5.32 Å². The zero-order chi connectivity index (χ0) is 11.0. The number of fused-ring (bicyclic) bond motifs is 1. The molecule has 0 bridgehead atoms. The zero-order valence-electron chi connectivity index (χ0n) is 9.35. The lowest BCUT2D eigenvalue weighted by Crippen LogP contribution is -2.29. The molecule has 0 aliphatic carbocycles. The number of hydrogen-bond acceptors (Lipinski definition) is 4. The highest BCUT2D eigenvalue weighted by Gasteiger charge is 2.18. The largest absolute Gasteiger partial charge is 0.316 e. The molecule has 0 aromatic carbocycles. The standard InChI is InChI=1S/C11H15N5/c1-8-14-11-13-6-4-10(16(11)15-8)9-3-2-5-12-7-9/h4,6,9,12H,2-3,5,7H2,1H3. The molecule has 3 heterocycles. The van der Waals surface area contributed by atoms with Crippen LogP contribution in [-0.2, 0) is 0 Å². The van der Waals surface area contributed by atoms with Crippen molar-refractivity contribution in [2.24, 2.45) is 0 Å². The second-order valence-electron chi connectivity index (χ2n) is 4.28. The Bertz CT molecular complexity index is 498. The van der Waals surface area contributed by atoms with Crippen LogP contribution in [0.25, 0.3) is 5.78 Å². The van der Waals surface area contributed by atoms with Crippen molar-refractivity contribution >= 4 is 5.78 Å².